The molecule has 2 bridgehead atoms. The summed E-state index contributed by atoms with van der Waals surface area (Å²) in [5, 5.41) is 5.48. The Balaban J connectivity index is 1.51. The van der Waals surface area contributed by atoms with Crippen molar-refractivity contribution in [3.05, 3.63) is 29.1 Å². The summed E-state index contributed by atoms with van der Waals surface area (Å²) in [4.78, 5) is 52.1. The Morgan fingerprint density at radius 3 is 2.21 bits per heavy atom. The van der Waals surface area contributed by atoms with E-state index in [9.17, 15) is 23.6 Å². The molecule has 28 heavy (non-hydrogen) atoms. The predicted octanol–water partition coefficient (Wildman–Crippen LogP) is 0.167. The van der Waals surface area contributed by atoms with Gasteiger partial charge in [0.2, 0.25) is 11.8 Å². The molecule has 1 aromatic carbocycles. The Labute approximate surface area is 160 Å². The third kappa shape index (κ3) is 2.39. The fourth-order valence-electron chi connectivity index (χ4n) is 4.85. The smallest absolute Gasteiger partial charge is 0.262 e. The van der Waals surface area contributed by atoms with Crippen LogP contribution >= 0.6 is 0 Å². The van der Waals surface area contributed by atoms with Gasteiger partial charge in [-0.1, -0.05) is 0 Å². The first-order chi connectivity index (χ1) is 13.5. The predicted molar refractivity (Wildman–Crippen MR) is 95.2 cm³/mol. The molecule has 3 saturated heterocycles. The second-order valence-electron chi connectivity index (χ2n) is 7.75. The maximum Gasteiger partial charge on any atom is 0.262 e. The summed E-state index contributed by atoms with van der Waals surface area (Å²) in [6.07, 6.45) is 2.02. The number of piperidine rings is 1. The highest BCUT2D eigenvalue weighted by atomic mass is 19.1. The van der Waals surface area contributed by atoms with E-state index >= 15 is 0 Å². The Hall–Kier alpha value is -2.81. The molecular formula is C19H19FN4O4. The summed E-state index contributed by atoms with van der Waals surface area (Å²) in [6, 6.07) is 1.83. The fraction of sp³-hybridized carbons (Fsp3) is 0.474. The Morgan fingerprint density at radius 1 is 0.929 bits per heavy atom. The van der Waals surface area contributed by atoms with E-state index in [0.29, 0.717) is 5.69 Å². The van der Waals surface area contributed by atoms with E-state index in [1.807, 2.05) is 4.90 Å². The molecule has 4 aliphatic heterocycles. The van der Waals surface area contributed by atoms with Gasteiger partial charge in [0, 0.05) is 31.6 Å². The number of hydrogen-bond donors (Lipinski definition) is 2. The van der Waals surface area contributed by atoms with Crippen LogP contribution in [0.25, 0.3) is 0 Å². The molecule has 0 saturated carbocycles. The van der Waals surface area contributed by atoms with Crippen molar-refractivity contribution in [3.8, 4) is 0 Å². The van der Waals surface area contributed by atoms with Crippen molar-refractivity contribution < 1.29 is 23.6 Å². The van der Waals surface area contributed by atoms with Gasteiger partial charge in [-0.15, -0.1) is 0 Å². The van der Waals surface area contributed by atoms with Crippen LogP contribution in [0.2, 0.25) is 0 Å². The summed E-state index contributed by atoms with van der Waals surface area (Å²) in [5.74, 6) is -2.95. The fourth-order valence-corrected chi connectivity index (χ4v) is 4.85. The SMILES string of the molecule is O=C1CCC(N2C(=O)c3cc(F)c(N4C5CCC4CNC5)cc3C2=O)C(=O)N1. The lowest BCUT2D eigenvalue weighted by molar-refractivity contribution is -0.136. The number of piperazine rings is 1. The average molecular weight is 386 g/mol. The monoisotopic (exact) mass is 386 g/mol. The molecule has 4 heterocycles. The Morgan fingerprint density at radius 2 is 1.57 bits per heavy atom. The molecule has 3 atom stereocenters. The minimum atomic E-state index is -1.05. The van der Waals surface area contributed by atoms with E-state index in [-0.39, 0.29) is 36.1 Å². The molecule has 5 rings (SSSR count). The molecule has 0 radical (unpaired) electrons. The number of halogens is 1. The number of nitrogens with one attached hydrogen (secondary N) is 2. The van der Waals surface area contributed by atoms with E-state index in [1.54, 1.807) is 0 Å². The molecule has 2 N–H and O–H groups in total. The summed E-state index contributed by atoms with van der Waals surface area (Å²) < 4.78 is 14.9. The van der Waals surface area contributed by atoms with Gasteiger partial charge >= 0.3 is 0 Å². The van der Waals surface area contributed by atoms with Crippen LogP contribution in [-0.4, -0.2) is 59.7 Å². The zero-order valence-corrected chi connectivity index (χ0v) is 15.0. The molecular weight excluding hydrogens is 367 g/mol. The van der Waals surface area contributed by atoms with E-state index in [2.05, 4.69) is 10.6 Å². The average Bonchev–Trinajstić information content (AvgIpc) is 3.03. The molecule has 0 aliphatic carbocycles. The number of carbonyl (C=O) groups is 4. The number of imide groups is 2. The third-order valence-electron chi connectivity index (χ3n) is 6.17. The number of anilines is 1. The lowest BCUT2D eigenvalue weighted by Crippen LogP contribution is -2.54. The van der Waals surface area contributed by atoms with Gasteiger partial charge in [-0.25, -0.2) is 4.39 Å². The molecule has 0 spiro atoms. The second-order valence-corrected chi connectivity index (χ2v) is 7.75. The highest BCUT2D eigenvalue weighted by Gasteiger charge is 2.46. The number of benzene rings is 1. The number of nitrogens with zero attached hydrogens (tertiary/aromatic N) is 2. The van der Waals surface area contributed by atoms with Gasteiger partial charge in [-0.2, -0.15) is 0 Å². The van der Waals surface area contributed by atoms with Crippen molar-refractivity contribution in [1.29, 1.82) is 0 Å². The first-order valence-electron chi connectivity index (χ1n) is 9.50. The number of hydrogen-bond acceptors (Lipinski definition) is 6. The van der Waals surface area contributed by atoms with Crippen LogP contribution in [0, 0.1) is 5.82 Å². The summed E-state index contributed by atoms with van der Waals surface area (Å²) in [5.41, 5.74) is 0.418. The number of fused-ring (bicyclic) bond motifs is 3. The normalized spacial score (nSPS) is 29.4. The summed E-state index contributed by atoms with van der Waals surface area (Å²) >= 11 is 0. The van der Waals surface area contributed by atoms with E-state index in [1.165, 1.54) is 6.07 Å². The highest BCUT2D eigenvalue weighted by Crippen LogP contribution is 2.38. The molecule has 4 aliphatic rings. The van der Waals surface area contributed by atoms with Crippen LogP contribution < -0.4 is 15.5 Å². The van der Waals surface area contributed by atoms with Crippen molar-refractivity contribution >= 4 is 29.3 Å². The third-order valence-corrected chi connectivity index (χ3v) is 6.17. The summed E-state index contributed by atoms with van der Waals surface area (Å²) in [6.45, 7) is 1.50. The van der Waals surface area contributed by atoms with Gasteiger partial charge in [0.1, 0.15) is 11.9 Å². The van der Waals surface area contributed by atoms with E-state index < -0.39 is 35.5 Å². The van der Waals surface area contributed by atoms with Crippen molar-refractivity contribution in [1.82, 2.24) is 15.5 Å². The maximum atomic E-state index is 14.9. The minimum Gasteiger partial charge on any atom is -0.361 e. The standard InChI is InChI=1S/C19H19FN4O4/c20-13-5-11-12(6-15(13)23-9-1-2-10(23)8-21-7-9)19(28)24(18(11)27)14-3-4-16(25)22-17(14)26/h5-6,9-10,14,21H,1-4,7-8H2,(H,22,25,26). The zero-order valence-electron chi connectivity index (χ0n) is 15.0. The van der Waals surface area contributed by atoms with Crippen LogP contribution in [0.5, 0.6) is 0 Å². The van der Waals surface area contributed by atoms with Gasteiger partial charge in [-0.3, -0.25) is 29.4 Å². The molecule has 3 fully saturated rings. The van der Waals surface area contributed by atoms with Gasteiger partial charge in [-0.05, 0) is 31.4 Å². The molecule has 9 heteroatoms. The molecule has 1 aromatic rings. The van der Waals surface area contributed by atoms with Crippen molar-refractivity contribution in [2.75, 3.05) is 18.0 Å². The van der Waals surface area contributed by atoms with E-state index in [0.717, 1.165) is 36.9 Å². The lowest BCUT2D eigenvalue weighted by Gasteiger charge is -2.37. The van der Waals surface area contributed by atoms with Crippen LogP contribution in [0.1, 0.15) is 46.4 Å². The van der Waals surface area contributed by atoms with Gasteiger partial charge in [0.25, 0.3) is 11.8 Å². The van der Waals surface area contributed by atoms with Crippen molar-refractivity contribution in [2.45, 2.75) is 43.8 Å². The van der Waals surface area contributed by atoms with Crippen molar-refractivity contribution in [2.24, 2.45) is 0 Å². The zero-order chi connectivity index (χ0) is 19.6. The number of amides is 4. The Bertz CT molecular complexity index is 917. The summed E-state index contributed by atoms with van der Waals surface area (Å²) in [7, 11) is 0. The molecule has 8 nitrogen and oxygen atoms in total. The molecule has 0 aromatic heterocycles. The molecule has 3 unspecified atom stereocenters. The largest absolute Gasteiger partial charge is 0.361 e. The topological polar surface area (TPSA) is 98.8 Å². The highest BCUT2D eigenvalue weighted by molar-refractivity contribution is 6.23. The van der Waals surface area contributed by atoms with Crippen LogP contribution in [0.3, 0.4) is 0 Å². The Kier molecular flexibility index (Phi) is 3.77. The molecule has 4 amide bonds. The quantitative estimate of drug-likeness (QED) is 0.703. The minimum absolute atomic E-state index is 0.0292. The lowest BCUT2D eigenvalue weighted by atomic mass is 10.0. The first kappa shape index (κ1) is 17.3. The van der Waals surface area contributed by atoms with Gasteiger partial charge < -0.3 is 10.2 Å². The van der Waals surface area contributed by atoms with Crippen LogP contribution in [0.15, 0.2) is 12.1 Å². The first-order valence-corrected chi connectivity index (χ1v) is 9.50. The van der Waals surface area contributed by atoms with Crippen molar-refractivity contribution in [3.63, 3.8) is 0 Å². The second kappa shape index (κ2) is 6.10. The number of carbonyl (C=O) groups excluding carboxylic acids is 4. The maximum absolute atomic E-state index is 14.9. The van der Waals surface area contributed by atoms with Crippen LogP contribution in [0.4, 0.5) is 10.1 Å². The number of rotatable bonds is 2. The van der Waals surface area contributed by atoms with Gasteiger partial charge in [0.05, 0.1) is 16.8 Å². The van der Waals surface area contributed by atoms with Crippen LogP contribution in [-0.2, 0) is 9.59 Å². The molecule has 146 valence electrons. The van der Waals surface area contributed by atoms with Gasteiger partial charge in [0.15, 0.2) is 0 Å². The van der Waals surface area contributed by atoms with E-state index in [4.69, 9.17) is 0 Å².